The third-order valence-corrected chi connectivity index (χ3v) is 4.37. The maximum Gasteiger partial charge on any atom is 0.230 e. The normalized spacial score (nSPS) is 10.6. The molecule has 0 unspecified atom stereocenters. The van der Waals surface area contributed by atoms with Crippen LogP contribution < -0.4 is 11.1 Å². The van der Waals surface area contributed by atoms with Gasteiger partial charge in [-0.3, -0.25) is 4.79 Å². The van der Waals surface area contributed by atoms with E-state index in [-0.39, 0.29) is 5.91 Å². The van der Waals surface area contributed by atoms with E-state index < -0.39 is 0 Å². The first-order valence-electron chi connectivity index (χ1n) is 7.09. The minimum absolute atomic E-state index is 0.0284. The fraction of sp³-hybridized carbons (Fsp3) is 0.375. The van der Waals surface area contributed by atoms with Gasteiger partial charge in [0, 0.05) is 17.5 Å². The predicted octanol–water partition coefficient (Wildman–Crippen LogP) is 2.83. The van der Waals surface area contributed by atoms with E-state index in [2.05, 4.69) is 10.3 Å². The van der Waals surface area contributed by atoms with Crippen molar-refractivity contribution in [2.75, 3.05) is 11.9 Å². The van der Waals surface area contributed by atoms with Crippen molar-refractivity contribution in [1.82, 2.24) is 4.98 Å². The molecule has 21 heavy (non-hydrogen) atoms. The van der Waals surface area contributed by atoms with Crippen molar-refractivity contribution in [1.29, 1.82) is 0 Å². The predicted molar refractivity (Wildman–Crippen MR) is 87.7 cm³/mol. The standard InChI is InChI=1S/C16H21N3OS/c1-11-5-3-6-14(12(11)2)19-15(20)9-13-10-21-16(18-13)7-4-8-17/h3,5-6,10H,4,7-9,17H2,1-2H3,(H,19,20). The molecule has 0 fully saturated rings. The molecule has 0 saturated heterocycles. The van der Waals surface area contributed by atoms with Crippen LogP contribution in [0.1, 0.15) is 28.2 Å². The van der Waals surface area contributed by atoms with Gasteiger partial charge in [-0.25, -0.2) is 4.98 Å². The van der Waals surface area contributed by atoms with Crippen LogP contribution in [0.25, 0.3) is 0 Å². The molecule has 2 rings (SSSR count). The lowest BCUT2D eigenvalue weighted by Crippen LogP contribution is -2.15. The number of aromatic nitrogens is 1. The third-order valence-electron chi connectivity index (χ3n) is 3.41. The summed E-state index contributed by atoms with van der Waals surface area (Å²) in [4.78, 5) is 16.6. The fourth-order valence-corrected chi connectivity index (χ4v) is 2.88. The van der Waals surface area contributed by atoms with Crippen molar-refractivity contribution in [3.05, 3.63) is 45.4 Å². The zero-order chi connectivity index (χ0) is 15.2. The molecule has 2 aromatic rings. The molecule has 1 aromatic heterocycles. The topological polar surface area (TPSA) is 68.0 Å². The summed E-state index contributed by atoms with van der Waals surface area (Å²) >= 11 is 1.60. The summed E-state index contributed by atoms with van der Waals surface area (Å²) in [5.41, 5.74) is 9.47. The summed E-state index contributed by atoms with van der Waals surface area (Å²) in [6.07, 6.45) is 2.13. The molecule has 0 radical (unpaired) electrons. The number of nitrogens with one attached hydrogen (secondary N) is 1. The Labute approximate surface area is 129 Å². The highest BCUT2D eigenvalue weighted by Crippen LogP contribution is 2.18. The zero-order valence-corrected chi connectivity index (χ0v) is 13.3. The van der Waals surface area contributed by atoms with Crippen molar-refractivity contribution in [3.8, 4) is 0 Å². The summed E-state index contributed by atoms with van der Waals surface area (Å²) in [5.74, 6) is -0.0284. The molecule has 0 aliphatic carbocycles. The number of nitrogens with zero attached hydrogens (tertiary/aromatic N) is 1. The number of carbonyl (C=O) groups is 1. The molecule has 1 aromatic carbocycles. The van der Waals surface area contributed by atoms with E-state index in [1.807, 2.05) is 37.4 Å². The Balaban J connectivity index is 1.95. The highest BCUT2D eigenvalue weighted by Gasteiger charge is 2.09. The number of rotatable bonds is 6. The van der Waals surface area contributed by atoms with Crippen LogP contribution in [0, 0.1) is 13.8 Å². The van der Waals surface area contributed by atoms with E-state index >= 15 is 0 Å². The number of benzene rings is 1. The Hall–Kier alpha value is -1.72. The van der Waals surface area contributed by atoms with E-state index in [0.29, 0.717) is 13.0 Å². The van der Waals surface area contributed by atoms with E-state index in [0.717, 1.165) is 34.8 Å². The van der Waals surface area contributed by atoms with Gasteiger partial charge in [0.2, 0.25) is 5.91 Å². The van der Waals surface area contributed by atoms with Gasteiger partial charge in [-0.15, -0.1) is 11.3 Å². The second-order valence-electron chi connectivity index (χ2n) is 5.10. The molecule has 3 N–H and O–H groups in total. The Kier molecular flexibility index (Phi) is 5.47. The molecular formula is C16H21N3OS. The van der Waals surface area contributed by atoms with Crippen LogP contribution in [0.4, 0.5) is 5.69 Å². The van der Waals surface area contributed by atoms with Gasteiger partial charge in [0.1, 0.15) is 0 Å². The van der Waals surface area contributed by atoms with Crippen LogP contribution in [0.5, 0.6) is 0 Å². The van der Waals surface area contributed by atoms with Crippen LogP contribution >= 0.6 is 11.3 Å². The molecule has 1 heterocycles. The average molecular weight is 303 g/mol. The molecule has 0 bridgehead atoms. The summed E-state index contributed by atoms with van der Waals surface area (Å²) in [7, 11) is 0. The number of nitrogens with two attached hydrogens (primary N) is 1. The van der Waals surface area contributed by atoms with Crippen molar-refractivity contribution >= 4 is 22.9 Å². The zero-order valence-electron chi connectivity index (χ0n) is 12.5. The van der Waals surface area contributed by atoms with Gasteiger partial charge in [-0.1, -0.05) is 12.1 Å². The van der Waals surface area contributed by atoms with E-state index in [1.165, 1.54) is 5.56 Å². The van der Waals surface area contributed by atoms with Crippen LogP contribution in [0.3, 0.4) is 0 Å². The molecule has 0 saturated carbocycles. The Bertz CT molecular complexity index is 622. The van der Waals surface area contributed by atoms with Crippen molar-refractivity contribution in [2.45, 2.75) is 33.1 Å². The minimum Gasteiger partial charge on any atom is -0.330 e. The quantitative estimate of drug-likeness (QED) is 0.862. The summed E-state index contributed by atoms with van der Waals surface area (Å²) in [6, 6.07) is 5.91. The highest BCUT2D eigenvalue weighted by molar-refractivity contribution is 7.09. The van der Waals surface area contributed by atoms with Crippen molar-refractivity contribution < 1.29 is 4.79 Å². The first kappa shape index (κ1) is 15.7. The molecule has 4 nitrogen and oxygen atoms in total. The second kappa shape index (κ2) is 7.33. The maximum atomic E-state index is 12.1. The van der Waals surface area contributed by atoms with Gasteiger partial charge in [-0.05, 0) is 44.0 Å². The number of thiazole rings is 1. The lowest BCUT2D eigenvalue weighted by molar-refractivity contribution is -0.115. The lowest BCUT2D eigenvalue weighted by Gasteiger charge is -2.09. The van der Waals surface area contributed by atoms with Crippen LogP contribution in [-0.2, 0) is 17.6 Å². The van der Waals surface area contributed by atoms with E-state index in [9.17, 15) is 4.79 Å². The molecule has 0 aliphatic heterocycles. The van der Waals surface area contributed by atoms with Gasteiger partial charge >= 0.3 is 0 Å². The molecule has 5 heteroatoms. The van der Waals surface area contributed by atoms with Gasteiger partial charge in [-0.2, -0.15) is 0 Å². The lowest BCUT2D eigenvalue weighted by atomic mass is 10.1. The Morgan fingerprint density at radius 1 is 1.38 bits per heavy atom. The van der Waals surface area contributed by atoms with Crippen LogP contribution in [-0.4, -0.2) is 17.4 Å². The number of aryl methyl sites for hydroxylation is 2. The fourth-order valence-electron chi connectivity index (χ4n) is 2.04. The smallest absolute Gasteiger partial charge is 0.230 e. The first-order chi connectivity index (χ1) is 10.1. The number of hydrogen-bond donors (Lipinski definition) is 2. The minimum atomic E-state index is -0.0284. The van der Waals surface area contributed by atoms with E-state index in [4.69, 9.17) is 5.73 Å². The van der Waals surface area contributed by atoms with Crippen LogP contribution in [0.2, 0.25) is 0 Å². The van der Waals surface area contributed by atoms with Gasteiger partial charge in [0.15, 0.2) is 0 Å². The summed E-state index contributed by atoms with van der Waals surface area (Å²) < 4.78 is 0. The van der Waals surface area contributed by atoms with Crippen molar-refractivity contribution in [3.63, 3.8) is 0 Å². The number of amides is 1. The molecule has 1 amide bonds. The maximum absolute atomic E-state index is 12.1. The number of anilines is 1. The monoisotopic (exact) mass is 303 g/mol. The third kappa shape index (κ3) is 4.37. The Morgan fingerprint density at radius 2 is 2.19 bits per heavy atom. The second-order valence-corrected chi connectivity index (χ2v) is 6.04. The summed E-state index contributed by atoms with van der Waals surface area (Å²) in [6.45, 7) is 4.72. The Morgan fingerprint density at radius 3 is 2.95 bits per heavy atom. The number of carbonyl (C=O) groups excluding carboxylic acids is 1. The molecule has 112 valence electrons. The van der Waals surface area contributed by atoms with E-state index in [1.54, 1.807) is 11.3 Å². The van der Waals surface area contributed by atoms with Crippen LogP contribution in [0.15, 0.2) is 23.6 Å². The molecule has 0 aliphatic rings. The van der Waals surface area contributed by atoms with Gasteiger partial charge in [0.05, 0.1) is 17.1 Å². The SMILES string of the molecule is Cc1cccc(NC(=O)Cc2csc(CCCN)n2)c1C. The largest absolute Gasteiger partial charge is 0.330 e. The molecule has 0 spiro atoms. The van der Waals surface area contributed by atoms with Gasteiger partial charge < -0.3 is 11.1 Å². The summed E-state index contributed by atoms with van der Waals surface area (Å²) in [5, 5.41) is 5.96. The average Bonchev–Trinajstić information content (AvgIpc) is 2.89. The molecular weight excluding hydrogens is 282 g/mol. The first-order valence-corrected chi connectivity index (χ1v) is 7.97. The van der Waals surface area contributed by atoms with Gasteiger partial charge in [0.25, 0.3) is 0 Å². The van der Waals surface area contributed by atoms with Crippen molar-refractivity contribution in [2.24, 2.45) is 5.73 Å². The highest BCUT2D eigenvalue weighted by atomic mass is 32.1. The number of hydrogen-bond acceptors (Lipinski definition) is 4. The molecule has 0 atom stereocenters.